The van der Waals surface area contributed by atoms with Crippen molar-refractivity contribution in [3.8, 4) is 34.1 Å². The molecule has 4 aromatic heterocycles. The summed E-state index contributed by atoms with van der Waals surface area (Å²) in [4.78, 5) is 22.3. The first-order chi connectivity index (χ1) is 19.3. The van der Waals surface area contributed by atoms with E-state index < -0.39 is 0 Å². The minimum Gasteiger partial charge on any atom is -0.488 e. The number of hydrogen-bond donors (Lipinski definition) is 0. The predicted molar refractivity (Wildman–Crippen MR) is 150 cm³/mol. The first-order valence-corrected chi connectivity index (χ1v) is 13.3. The molecule has 0 amide bonds. The van der Waals surface area contributed by atoms with Crippen LogP contribution in [0.15, 0.2) is 54.0 Å². The number of imidazole rings is 3. The van der Waals surface area contributed by atoms with Crippen LogP contribution in [0.1, 0.15) is 25.7 Å². The van der Waals surface area contributed by atoms with Crippen LogP contribution < -0.4 is 10.4 Å². The molecular formula is C29H29FN8O2. The van der Waals surface area contributed by atoms with Crippen molar-refractivity contribution >= 4 is 22.1 Å². The molecule has 40 heavy (non-hydrogen) atoms. The van der Waals surface area contributed by atoms with E-state index in [0.29, 0.717) is 39.4 Å². The van der Waals surface area contributed by atoms with Gasteiger partial charge in [0.15, 0.2) is 5.82 Å². The lowest BCUT2D eigenvalue weighted by atomic mass is 10.1. The lowest BCUT2D eigenvalue weighted by molar-refractivity contribution is 0.212. The second-order valence-corrected chi connectivity index (χ2v) is 10.6. The van der Waals surface area contributed by atoms with Gasteiger partial charge in [-0.15, -0.1) is 0 Å². The van der Waals surface area contributed by atoms with Crippen LogP contribution in [-0.4, -0.2) is 44.1 Å². The van der Waals surface area contributed by atoms with Crippen molar-refractivity contribution in [2.45, 2.75) is 31.8 Å². The van der Waals surface area contributed by atoms with Crippen molar-refractivity contribution in [2.24, 2.45) is 28.2 Å². The highest BCUT2D eigenvalue weighted by Gasteiger charge is 2.25. The summed E-state index contributed by atoms with van der Waals surface area (Å²) in [6, 6.07) is 7.14. The highest BCUT2D eigenvalue weighted by molar-refractivity contribution is 5.90. The van der Waals surface area contributed by atoms with Gasteiger partial charge in [0.1, 0.15) is 22.8 Å². The molecule has 0 N–H and O–H groups in total. The summed E-state index contributed by atoms with van der Waals surface area (Å²) < 4.78 is 30.9. The molecule has 4 heterocycles. The fourth-order valence-electron chi connectivity index (χ4n) is 5.89. The Bertz CT molecular complexity index is 1980. The second kappa shape index (κ2) is 8.94. The van der Waals surface area contributed by atoms with E-state index in [9.17, 15) is 4.79 Å². The van der Waals surface area contributed by atoms with Gasteiger partial charge in [-0.2, -0.15) is 5.10 Å². The van der Waals surface area contributed by atoms with Gasteiger partial charge in [-0.25, -0.2) is 19.2 Å². The minimum absolute atomic E-state index is 0.0873. The average Bonchev–Trinajstić information content (AvgIpc) is 3.76. The lowest BCUT2D eigenvalue weighted by Gasteiger charge is -2.17. The summed E-state index contributed by atoms with van der Waals surface area (Å²) in [5.74, 6) is 0.850. The maximum atomic E-state index is 15.7. The van der Waals surface area contributed by atoms with Crippen molar-refractivity contribution in [1.82, 2.24) is 38.0 Å². The van der Waals surface area contributed by atoms with Gasteiger partial charge >= 0.3 is 5.69 Å². The van der Waals surface area contributed by atoms with Gasteiger partial charge in [0.05, 0.1) is 47.1 Å². The summed E-state index contributed by atoms with van der Waals surface area (Å²) in [5.41, 5.74) is 5.11. The number of nitrogens with zero attached hydrogens (tertiary/aromatic N) is 8. The molecule has 2 aromatic carbocycles. The molecule has 1 aliphatic carbocycles. The average molecular weight is 541 g/mol. The summed E-state index contributed by atoms with van der Waals surface area (Å²) in [5, 5.41) is 4.20. The maximum absolute atomic E-state index is 15.7. The minimum atomic E-state index is -0.381. The van der Waals surface area contributed by atoms with Gasteiger partial charge in [0.2, 0.25) is 0 Å². The second-order valence-electron chi connectivity index (χ2n) is 10.6. The SMILES string of the molecule is Cn1cc(-c2cc3nc(-c4cncn4C)n(-c4cc(OC5CCCC5)c5c(c4)n(C)c(=O)n5C)c3cc2F)cn1. The zero-order valence-corrected chi connectivity index (χ0v) is 22.8. The Morgan fingerprint density at radius 2 is 1.77 bits per heavy atom. The Labute approximate surface area is 228 Å². The van der Waals surface area contributed by atoms with Crippen molar-refractivity contribution in [2.75, 3.05) is 0 Å². The maximum Gasteiger partial charge on any atom is 0.328 e. The molecule has 6 aromatic rings. The van der Waals surface area contributed by atoms with E-state index >= 15 is 4.39 Å². The van der Waals surface area contributed by atoms with Crippen LogP contribution in [0, 0.1) is 5.82 Å². The van der Waals surface area contributed by atoms with E-state index in [-0.39, 0.29) is 17.6 Å². The number of hydrogen-bond acceptors (Lipinski definition) is 5. The number of ether oxygens (including phenoxy) is 1. The molecule has 0 spiro atoms. The van der Waals surface area contributed by atoms with E-state index in [2.05, 4.69) is 10.1 Å². The Morgan fingerprint density at radius 3 is 2.48 bits per heavy atom. The third-order valence-corrected chi connectivity index (χ3v) is 7.97. The highest BCUT2D eigenvalue weighted by atomic mass is 19.1. The van der Waals surface area contributed by atoms with E-state index in [4.69, 9.17) is 9.72 Å². The predicted octanol–water partition coefficient (Wildman–Crippen LogP) is 4.48. The quantitative estimate of drug-likeness (QED) is 0.322. The van der Waals surface area contributed by atoms with E-state index in [1.54, 1.807) is 65.9 Å². The zero-order valence-electron chi connectivity index (χ0n) is 22.8. The van der Waals surface area contributed by atoms with Crippen molar-refractivity contribution in [1.29, 1.82) is 0 Å². The van der Waals surface area contributed by atoms with Crippen LogP contribution in [0.4, 0.5) is 4.39 Å². The largest absolute Gasteiger partial charge is 0.488 e. The summed E-state index contributed by atoms with van der Waals surface area (Å²) in [6.07, 6.45) is 11.1. The van der Waals surface area contributed by atoms with E-state index in [1.165, 1.54) is 6.07 Å². The van der Waals surface area contributed by atoms with Crippen LogP contribution in [-0.2, 0) is 28.2 Å². The van der Waals surface area contributed by atoms with Gasteiger partial charge in [-0.05, 0) is 37.8 Å². The van der Waals surface area contributed by atoms with Gasteiger partial charge in [0, 0.05) is 57.6 Å². The highest BCUT2D eigenvalue weighted by Crippen LogP contribution is 2.37. The summed E-state index contributed by atoms with van der Waals surface area (Å²) >= 11 is 0. The van der Waals surface area contributed by atoms with E-state index in [1.807, 2.05) is 28.3 Å². The standard InChI is InChI=1S/C29H29FN8O2/c1-34-16-31-14-25(34)28-33-22-11-20(17-13-32-35(2)15-17)21(30)12-23(22)38(28)18-9-24-27(37(4)29(39)36(24)3)26(10-18)40-19-7-5-6-8-19/h9-16,19H,5-8H2,1-4H3. The molecule has 0 atom stereocenters. The molecule has 204 valence electrons. The molecule has 11 heteroatoms. The lowest BCUT2D eigenvalue weighted by Crippen LogP contribution is -2.19. The van der Waals surface area contributed by atoms with Gasteiger partial charge in [-0.3, -0.25) is 18.4 Å². The molecular weight excluding hydrogens is 511 g/mol. The third-order valence-electron chi connectivity index (χ3n) is 7.97. The van der Waals surface area contributed by atoms with Gasteiger partial charge < -0.3 is 9.30 Å². The molecule has 10 nitrogen and oxygen atoms in total. The topological polar surface area (TPSA) is 89.6 Å². The molecule has 1 aliphatic rings. The van der Waals surface area contributed by atoms with E-state index in [0.717, 1.165) is 42.4 Å². The van der Waals surface area contributed by atoms with Crippen LogP contribution >= 0.6 is 0 Å². The molecule has 0 aliphatic heterocycles. The summed E-state index contributed by atoms with van der Waals surface area (Å²) in [7, 11) is 7.20. The zero-order chi connectivity index (χ0) is 27.7. The van der Waals surface area contributed by atoms with Crippen molar-refractivity contribution in [3.63, 3.8) is 0 Å². The molecule has 0 bridgehead atoms. The first kappa shape index (κ1) is 24.4. The number of aryl methyl sites for hydroxylation is 4. The Balaban J connectivity index is 1.52. The van der Waals surface area contributed by atoms with Crippen molar-refractivity contribution < 1.29 is 9.13 Å². The van der Waals surface area contributed by atoms with Crippen LogP contribution in [0.2, 0.25) is 0 Å². The fourth-order valence-corrected chi connectivity index (χ4v) is 5.89. The number of rotatable bonds is 5. The first-order valence-electron chi connectivity index (χ1n) is 13.3. The molecule has 7 rings (SSSR count). The van der Waals surface area contributed by atoms with Crippen LogP contribution in [0.25, 0.3) is 50.4 Å². The normalized spacial score (nSPS) is 14.2. The molecule has 1 fully saturated rings. The third kappa shape index (κ3) is 3.68. The molecule has 1 saturated carbocycles. The number of aromatic nitrogens is 8. The van der Waals surface area contributed by atoms with Gasteiger partial charge in [0.25, 0.3) is 0 Å². The monoisotopic (exact) mass is 540 g/mol. The molecule has 0 radical (unpaired) electrons. The fraction of sp³-hybridized carbons (Fsp3) is 0.310. The van der Waals surface area contributed by atoms with Crippen molar-refractivity contribution in [3.05, 3.63) is 65.5 Å². The number of fused-ring (bicyclic) bond motifs is 2. The summed E-state index contributed by atoms with van der Waals surface area (Å²) in [6.45, 7) is 0. The number of benzene rings is 2. The molecule has 0 saturated heterocycles. The van der Waals surface area contributed by atoms with Crippen LogP contribution in [0.5, 0.6) is 5.75 Å². The Hall–Kier alpha value is -4.67. The smallest absolute Gasteiger partial charge is 0.328 e. The Morgan fingerprint density at radius 1 is 0.975 bits per heavy atom. The van der Waals surface area contributed by atoms with Crippen LogP contribution in [0.3, 0.4) is 0 Å². The van der Waals surface area contributed by atoms with Gasteiger partial charge in [-0.1, -0.05) is 0 Å². The Kier molecular flexibility index (Phi) is 5.45. The number of halogens is 1. The molecule has 0 unspecified atom stereocenters.